The number of thiazole rings is 1. The van der Waals surface area contributed by atoms with Gasteiger partial charge in [0.25, 0.3) is 5.91 Å². The van der Waals surface area contributed by atoms with E-state index in [4.69, 9.17) is 0 Å². The lowest BCUT2D eigenvalue weighted by atomic mass is 10.2. The van der Waals surface area contributed by atoms with Gasteiger partial charge in [-0.1, -0.05) is 28.1 Å². The van der Waals surface area contributed by atoms with Crippen LogP contribution < -0.4 is 0 Å². The second kappa shape index (κ2) is 6.98. The molecule has 1 aliphatic rings. The third-order valence-corrected chi connectivity index (χ3v) is 5.56. The summed E-state index contributed by atoms with van der Waals surface area (Å²) in [5.41, 5.74) is 1.93. The Hall–Kier alpha value is -1.44. The molecule has 3 rings (SSSR count). The number of likely N-dealkylation sites (N-methyl/N-ethyl adjacent to an activating group) is 1. The largest absolute Gasteiger partial charge is 0.287 e. The van der Waals surface area contributed by atoms with Crippen LogP contribution in [0.3, 0.4) is 0 Å². The molecular formula is C16H14BrN3OS2. The van der Waals surface area contributed by atoms with Crippen LogP contribution in [0.25, 0.3) is 6.08 Å². The summed E-state index contributed by atoms with van der Waals surface area (Å²) in [6.45, 7) is 4.47. The van der Waals surface area contributed by atoms with E-state index in [0.717, 1.165) is 15.7 Å². The minimum Gasteiger partial charge on any atom is -0.287 e. The Morgan fingerprint density at radius 3 is 2.70 bits per heavy atom. The van der Waals surface area contributed by atoms with E-state index in [0.29, 0.717) is 21.7 Å². The highest BCUT2D eigenvalue weighted by Crippen LogP contribution is 2.34. The number of carbonyl (C=O) groups is 1. The van der Waals surface area contributed by atoms with Gasteiger partial charge in [0.15, 0.2) is 5.17 Å². The van der Waals surface area contributed by atoms with Crippen molar-refractivity contribution in [1.82, 2.24) is 9.88 Å². The van der Waals surface area contributed by atoms with Gasteiger partial charge < -0.3 is 0 Å². The first-order valence-corrected chi connectivity index (χ1v) is 9.53. The lowest BCUT2D eigenvalue weighted by molar-refractivity contribution is -0.122. The van der Waals surface area contributed by atoms with Crippen molar-refractivity contribution >= 4 is 61.3 Å². The van der Waals surface area contributed by atoms with Crippen molar-refractivity contribution in [2.24, 2.45) is 4.99 Å². The summed E-state index contributed by atoms with van der Waals surface area (Å²) in [4.78, 5) is 23.8. The smallest absolute Gasteiger partial charge is 0.266 e. The van der Waals surface area contributed by atoms with Crippen molar-refractivity contribution in [3.05, 3.63) is 50.3 Å². The van der Waals surface area contributed by atoms with Crippen LogP contribution in [0.2, 0.25) is 0 Å². The van der Waals surface area contributed by atoms with E-state index >= 15 is 0 Å². The third kappa shape index (κ3) is 3.73. The maximum atomic E-state index is 12.5. The second-order valence-corrected chi connectivity index (χ2v) is 7.64. The van der Waals surface area contributed by atoms with Gasteiger partial charge in [0.05, 0.1) is 10.6 Å². The summed E-state index contributed by atoms with van der Waals surface area (Å²) < 4.78 is 1.02. The minimum absolute atomic E-state index is 0.00699. The topological polar surface area (TPSA) is 45.6 Å². The SMILES string of the molecule is CCN1C(=O)/C(=C/c2ccc(Br)cc2)S/C1=N/c1nc(C)cs1. The second-order valence-electron chi connectivity index (χ2n) is 4.88. The number of halogens is 1. The van der Waals surface area contributed by atoms with E-state index in [1.165, 1.54) is 23.1 Å². The van der Waals surface area contributed by atoms with Crippen molar-refractivity contribution in [3.8, 4) is 0 Å². The monoisotopic (exact) mass is 407 g/mol. The number of thioether (sulfide) groups is 1. The minimum atomic E-state index is -0.00699. The van der Waals surface area contributed by atoms with Crippen LogP contribution in [-0.4, -0.2) is 27.5 Å². The normalized spacial score (nSPS) is 18.4. The average molecular weight is 408 g/mol. The molecule has 1 saturated heterocycles. The van der Waals surface area contributed by atoms with Gasteiger partial charge in [0.1, 0.15) is 0 Å². The van der Waals surface area contributed by atoms with Crippen LogP contribution in [-0.2, 0) is 4.79 Å². The molecule has 2 heterocycles. The van der Waals surface area contributed by atoms with E-state index in [9.17, 15) is 4.79 Å². The highest BCUT2D eigenvalue weighted by molar-refractivity contribution is 9.10. The number of nitrogens with zero attached hydrogens (tertiary/aromatic N) is 3. The maximum absolute atomic E-state index is 12.5. The fourth-order valence-corrected chi connectivity index (χ4v) is 4.09. The predicted molar refractivity (Wildman–Crippen MR) is 101 cm³/mol. The van der Waals surface area contributed by atoms with Gasteiger partial charge in [-0.2, -0.15) is 4.99 Å². The van der Waals surface area contributed by atoms with Crippen molar-refractivity contribution in [2.75, 3.05) is 6.54 Å². The van der Waals surface area contributed by atoms with Gasteiger partial charge >= 0.3 is 0 Å². The standard InChI is InChI=1S/C16H14BrN3OS2/c1-3-20-14(21)13(8-11-4-6-12(17)7-5-11)23-16(20)19-15-18-10(2)9-22-15/h4-9H,3H2,1-2H3/b13-8-,19-16+. The van der Waals surface area contributed by atoms with E-state index < -0.39 is 0 Å². The highest BCUT2D eigenvalue weighted by Gasteiger charge is 2.32. The van der Waals surface area contributed by atoms with Crippen LogP contribution in [0, 0.1) is 6.92 Å². The number of benzene rings is 1. The fourth-order valence-electron chi connectivity index (χ4n) is 2.06. The van der Waals surface area contributed by atoms with Gasteiger partial charge in [0.2, 0.25) is 5.13 Å². The average Bonchev–Trinajstić information content (AvgIpc) is 3.06. The Morgan fingerprint density at radius 2 is 2.09 bits per heavy atom. The molecule has 23 heavy (non-hydrogen) atoms. The van der Waals surface area contributed by atoms with Gasteiger partial charge in [-0.15, -0.1) is 11.3 Å². The molecule has 1 aromatic carbocycles. The van der Waals surface area contributed by atoms with Gasteiger partial charge in [-0.3, -0.25) is 9.69 Å². The van der Waals surface area contributed by atoms with E-state index in [-0.39, 0.29) is 5.91 Å². The number of aryl methyl sites for hydroxylation is 1. The molecule has 7 heteroatoms. The first-order valence-electron chi connectivity index (χ1n) is 7.04. The third-order valence-electron chi connectivity index (χ3n) is 3.17. The van der Waals surface area contributed by atoms with E-state index in [1.807, 2.05) is 49.6 Å². The first-order chi connectivity index (χ1) is 11.1. The number of amidine groups is 1. The summed E-state index contributed by atoms with van der Waals surface area (Å²) in [6.07, 6.45) is 1.90. The Morgan fingerprint density at radius 1 is 1.35 bits per heavy atom. The van der Waals surface area contributed by atoms with E-state index in [2.05, 4.69) is 25.9 Å². The van der Waals surface area contributed by atoms with Gasteiger partial charge in [-0.25, -0.2) is 4.98 Å². The zero-order valence-electron chi connectivity index (χ0n) is 12.6. The van der Waals surface area contributed by atoms with Crippen LogP contribution in [0.15, 0.2) is 44.0 Å². The molecule has 1 amide bonds. The molecule has 118 valence electrons. The maximum Gasteiger partial charge on any atom is 0.266 e. The van der Waals surface area contributed by atoms with Crippen LogP contribution in [0.1, 0.15) is 18.2 Å². The fraction of sp³-hybridized carbons (Fsp3) is 0.188. The molecule has 0 radical (unpaired) electrons. The zero-order chi connectivity index (χ0) is 16.4. The molecule has 0 spiro atoms. The molecule has 0 aliphatic carbocycles. The lowest BCUT2D eigenvalue weighted by Crippen LogP contribution is -2.28. The first kappa shape index (κ1) is 16.4. The molecule has 0 N–H and O–H groups in total. The Bertz CT molecular complexity index is 796. The predicted octanol–water partition coefficient (Wildman–Crippen LogP) is 4.84. The number of rotatable bonds is 3. The van der Waals surface area contributed by atoms with Crippen LogP contribution in [0.4, 0.5) is 5.13 Å². The Kier molecular flexibility index (Phi) is 4.99. The molecule has 0 bridgehead atoms. The number of hydrogen-bond donors (Lipinski definition) is 0. The van der Waals surface area contributed by atoms with Gasteiger partial charge in [0, 0.05) is 16.4 Å². The Balaban J connectivity index is 1.91. The van der Waals surface area contributed by atoms with Crippen LogP contribution in [0.5, 0.6) is 0 Å². The molecule has 0 saturated carbocycles. The molecule has 0 unspecified atom stereocenters. The molecule has 1 aromatic heterocycles. The van der Waals surface area contributed by atoms with Crippen molar-refractivity contribution in [3.63, 3.8) is 0 Å². The summed E-state index contributed by atoms with van der Waals surface area (Å²) in [5.74, 6) is -0.00699. The highest BCUT2D eigenvalue weighted by atomic mass is 79.9. The lowest BCUT2D eigenvalue weighted by Gasteiger charge is -2.11. The van der Waals surface area contributed by atoms with Crippen molar-refractivity contribution in [1.29, 1.82) is 0 Å². The molecule has 4 nitrogen and oxygen atoms in total. The molecule has 2 aromatic rings. The number of amides is 1. The summed E-state index contributed by atoms with van der Waals surface area (Å²) in [5, 5.41) is 3.33. The number of carbonyl (C=O) groups excluding carboxylic acids is 1. The molecule has 1 fully saturated rings. The molecular weight excluding hydrogens is 394 g/mol. The summed E-state index contributed by atoms with van der Waals surface area (Å²) in [7, 11) is 0. The summed E-state index contributed by atoms with van der Waals surface area (Å²) in [6, 6.07) is 7.86. The van der Waals surface area contributed by atoms with Gasteiger partial charge in [-0.05, 0) is 49.4 Å². The number of aromatic nitrogens is 1. The zero-order valence-corrected chi connectivity index (χ0v) is 15.8. The molecule has 0 atom stereocenters. The van der Waals surface area contributed by atoms with Crippen molar-refractivity contribution < 1.29 is 4.79 Å². The number of aliphatic imine (C=N–C) groups is 1. The quantitative estimate of drug-likeness (QED) is 0.683. The van der Waals surface area contributed by atoms with E-state index in [1.54, 1.807) is 4.90 Å². The Labute approximate surface area is 151 Å². The number of hydrogen-bond acceptors (Lipinski definition) is 5. The van der Waals surface area contributed by atoms with Crippen LogP contribution >= 0.6 is 39.0 Å². The molecule has 1 aliphatic heterocycles. The summed E-state index contributed by atoms with van der Waals surface area (Å²) >= 11 is 6.29. The van der Waals surface area contributed by atoms with Crippen molar-refractivity contribution in [2.45, 2.75) is 13.8 Å².